The van der Waals surface area contributed by atoms with Gasteiger partial charge in [-0.1, -0.05) is 0 Å². The van der Waals surface area contributed by atoms with E-state index < -0.39 is 0 Å². The molecule has 0 radical (unpaired) electrons. The van der Waals surface area contributed by atoms with Gasteiger partial charge in [0.2, 0.25) is 0 Å². The van der Waals surface area contributed by atoms with E-state index in [4.69, 9.17) is 0 Å². The summed E-state index contributed by atoms with van der Waals surface area (Å²) < 4.78 is 4.58. The molecule has 0 unspecified atom stereocenters. The molecule has 1 fully saturated rings. The van der Waals surface area contributed by atoms with Crippen molar-refractivity contribution in [2.75, 3.05) is 26.7 Å². The van der Waals surface area contributed by atoms with E-state index in [2.05, 4.69) is 15.4 Å². The maximum atomic E-state index is 10.8. The summed E-state index contributed by atoms with van der Waals surface area (Å²) in [6.07, 6.45) is 0.549. The highest BCUT2D eigenvalue weighted by Crippen LogP contribution is 1.86. The predicted molar refractivity (Wildman–Crippen MR) is 38.9 cm³/mol. The zero-order valence-electron chi connectivity index (χ0n) is 6.88. The van der Waals surface area contributed by atoms with Gasteiger partial charge in [0.25, 0.3) is 0 Å². The molecule has 0 aromatic heterocycles. The van der Waals surface area contributed by atoms with Crippen LogP contribution in [0.15, 0.2) is 0 Å². The fourth-order valence-corrected chi connectivity index (χ4v) is 1.34. The highest BCUT2D eigenvalue weighted by Gasteiger charge is 2.21. The second kappa shape index (κ2) is 4.31. The first kappa shape index (κ1) is 8.49. The van der Waals surface area contributed by atoms with Crippen LogP contribution in [-0.4, -0.2) is 38.8 Å². The number of carbonyl (C=O) groups is 1. The van der Waals surface area contributed by atoms with Crippen molar-refractivity contribution in [1.29, 1.82) is 0 Å². The first-order chi connectivity index (χ1) is 5.33. The van der Waals surface area contributed by atoms with Gasteiger partial charge in [-0.05, 0) is 0 Å². The van der Waals surface area contributed by atoms with Crippen LogP contribution in [0, 0.1) is 0 Å². The van der Waals surface area contributed by atoms with Crippen LogP contribution in [0.3, 0.4) is 0 Å². The minimum Gasteiger partial charge on any atom is -0.469 e. The number of hydrogen-bond acceptors (Lipinski definition) is 2. The monoisotopic (exact) mass is 160 g/mol. The number of methoxy groups -OCH3 is 1. The quantitative estimate of drug-likeness (QED) is 0.425. The van der Waals surface area contributed by atoms with Gasteiger partial charge in [-0.3, -0.25) is 4.79 Å². The lowest BCUT2D eigenvalue weighted by atomic mass is 10.2. The van der Waals surface area contributed by atoms with Gasteiger partial charge in [0.05, 0.1) is 7.11 Å². The zero-order chi connectivity index (χ0) is 8.10. The van der Waals surface area contributed by atoms with E-state index in [0.717, 1.165) is 19.6 Å². The standard InChI is InChI=1S/C7H14N2O2/c1-11-7(10)4-6-5-8-2-3-9-6/h6,8-9H,2-5H2,1H3/p+2/t6-/m0/s1. The highest BCUT2D eigenvalue weighted by atomic mass is 16.5. The third kappa shape index (κ3) is 2.86. The Labute approximate surface area is 66.3 Å². The number of esters is 1. The molecule has 0 aromatic carbocycles. The molecule has 4 N–H and O–H groups in total. The summed E-state index contributed by atoms with van der Waals surface area (Å²) in [6.45, 7) is 3.31. The number of hydrogen-bond donors (Lipinski definition) is 2. The second-order valence-electron chi connectivity index (χ2n) is 2.88. The van der Waals surface area contributed by atoms with E-state index in [1.807, 2.05) is 0 Å². The number of quaternary nitrogens is 2. The van der Waals surface area contributed by atoms with Gasteiger partial charge < -0.3 is 15.4 Å². The normalized spacial score (nSPS) is 24.6. The molecule has 1 rings (SSSR count). The van der Waals surface area contributed by atoms with Gasteiger partial charge in [-0.25, -0.2) is 0 Å². The third-order valence-electron chi connectivity index (χ3n) is 2.00. The lowest BCUT2D eigenvalue weighted by Gasteiger charge is -2.17. The fraction of sp³-hybridized carbons (Fsp3) is 0.857. The number of ether oxygens (including phenoxy) is 1. The van der Waals surface area contributed by atoms with Gasteiger partial charge in [0.15, 0.2) is 0 Å². The number of rotatable bonds is 2. The number of piperazine rings is 1. The summed E-state index contributed by atoms with van der Waals surface area (Å²) in [4.78, 5) is 10.8. The Bertz CT molecular complexity index is 132. The summed E-state index contributed by atoms with van der Waals surface area (Å²) >= 11 is 0. The van der Waals surface area contributed by atoms with E-state index in [-0.39, 0.29) is 5.97 Å². The molecule has 1 aliphatic rings. The zero-order valence-corrected chi connectivity index (χ0v) is 6.88. The molecule has 0 aromatic rings. The molecule has 11 heavy (non-hydrogen) atoms. The van der Waals surface area contributed by atoms with Crippen LogP contribution in [0.4, 0.5) is 0 Å². The summed E-state index contributed by atoms with van der Waals surface area (Å²) in [6, 6.07) is 0.427. The van der Waals surface area contributed by atoms with Crippen molar-refractivity contribution in [1.82, 2.24) is 0 Å². The molecule has 0 amide bonds. The first-order valence-corrected chi connectivity index (χ1v) is 4.04. The van der Waals surface area contributed by atoms with E-state index in [9.17, 15) is 4.79 Å². The molecule has 1 aliphatic heterocycles. The van der Waals surface area contributed by atoms with Gasteiger partial charge in [-0.15, -0.1) is 0 Å². The van der Waals surface area contributed by atoms with E-state index in [1.165, 1.54) is 7.11 Å². The van der Waals surface area contributed by atoms with Crippen LogP contribution in [0.1, 0.15) is 6.42 Å². The van der Waals surface area contributed by atoms with E-state index >= 15 is 0 Å². The lowest BCUT2D eigenvalue weighted by molar-refractivity contribution is -0.810. The highest BCUT2D eigenvalue weighted by molar-refractivity contribution is 5.69. The SMILES string of the molecule is COC(=O)C[C@H]1C[NH2+]CC[NH2+]1. The topological polar surface area (TPSA) is 59.5 Å². The van der Waals surface area contributed by atoms with Gasteiger partial charge in [-0.2, -0.15) is 0 Å². The molecular weight excluding hydrogens is 144 g/mol. The molecule has 1 heterocycles. The predicted octanol–water partition coefficient (Wildman–Crippen LogP) is -2.94. The minimum absolute atomic E-state index is 0.0958. The van der Waals surface area contributed by atoms with E-state index in [1.54, 1.807) is 0 Å². The van der Waals surface area contributed by atoms with Gasteiger partial charge >= 0.3 is 5.97 Å². The molecule has 4 heteroatoms. The maximum absolute atomic E-state index is 10.8. The second-order valence-corrected chi connectivity index (χ2v) is 2.88. The molecule has 1 saturated heterocycles. The summed E-state index contributed by atoms with van der Waals surface area (Å²) in [5, 5.41) is 4.46. The van der Waals surface area contributed by atoms with Crippen LogP contribution in [-0.2, 0) is 9.53 Å². The Balaban J connectivity index is 2.19. The Morgan fingerprint density at radius 1 is 1.64 bits per heavy atom. The molecule has 0 saturated carbocycles. The largest absolute Gasteiger partial charge is 0.469 e. The molecule has 0 spiro atoms. The average Bonchev–Trinajstić information content (AvgIpc) is 2.06. The van der Waals surface area contributed by atoms with Crippen molar-refractivity contribution in [3.05, 3.63) is 0 Å². The minimum atomic E-state index is -0.0958. The Hall–Kier alpha value is -0.610. The van der Waals surface area contributed by atoms with Crippen LogP contribution >= 0.6 is 0 Å². The van der Waals surface area contributed by atoms with Crippen molar-refractivity contribution < 1.29 is 20.2 Å². The van der Waals surface area contributed by atoms with Crippen LogP contribution < -0.4 is 10.6 Å². The van der Waals surface area contributed by atoms with Crippen molar-refractivity contribution in [3.8, 4) is 0 Å². The first-order valence-electron chi connectivity index (χ1n) is 4.04. The smallest absolute Gasteiger partial charge is 0.311 e. The average molecular weight is 160 g/mol. The van der Waals surface area contributed by atoms with Gasteiger partial charge in [0, 0.05) is 0 Å². The number of carbonyl (C=O) groups excluding carboxylic acids is 1. The molecule has 0 bridgehead atoms. The Kier molecular flexibility index (Phi) is 3.32. The molecule has 1 atom stereocenters. The molecule has 64 valence electrons. The Morgan fingerprint density at radius 3 is 3.00 bits per heavy atom. The molecule has 0 aliphatic carbocycles. The summed E-state index contributed by atoms with van der Waals surface area (Å²) in [7, 11) is 1.44. The van der Waals surface area contributed by atoms with Crippen LogP contribution in [0.5, 0.6) is 0 Å². The molecule has 4 nitrogen and oxygen atoms in total. The fourth-order valence-electron chi connectivity index (χ4n) is 1.34. The molecular formula is C7H16N2O2+2. The van der Waals surface area contributed by atoms with Gasteiger partial charge in [0.1, 0.15) is 32.1 Å². The lowest BCUT2D eigenvalue weighted by Crippen LogP contribution is -3.08. The van der Waals surface area contributed by atoms with Crippen LogP contribution in [0.25, 0.3) is 0 Å². The van der Waals surface area contributed by atoms with Crippen LogP contribution in [0.2, 0.25) is 0 Å². The van der Waals surface area contributed by atoms with Crippen molar-refractivity contribution >= 4 is 5.97 Å². The van der Waals surface area contributed by atoms with Crippen molar-refractivity contribution in [2.45, 2.75) is 12.5 Å². The maximum Gasteiger partial charge on any atom is 0.311 e. The summed E-state index contributed by atoms with van der Waals surface area (Å²) in [5.74, 6) is -0.0958. The van der Waals surface area contributed by atoms with Crippen molar-refractivity contribution in [3.63, 3.8) is 0 Å². The number of nitrogens with two attached hydrogens (primary N) is 2. The van der Waals surface area contributed by atoms with Crippen molar-refractivity contribution in [2.24, 2.45) is 0 Å². The summed E-state index contributed by atoms with van der Waals surface area (Å²) in [5.41, 5.74) is 0. The van der Waals surface area contributed by atoms with E-state index in [0.29, 0.717) is 12.5 Å². The third-order valence-corrected chi connectivity index (χ3v) is 2.00. The Morgan fingerprint density at radius 2 is 2.45 bits per heavy atom.